The first-order valence-electron chi connectivity index (χ1n) is 6.74. The van der Waals surface area contributed by atoms with Crippen LogP contribution in [0.3, 0.4) is 0 Å². The highest BCUT2D eigenvalue weighted by Gasteiger charge is 2.07. The van der Waals surface area contributed by atoms with Crippen molar-refractivity contribution in [2.75, 3.05) is 0 Å². The lowest BCUT2D eigenvalue weighted by atomic mass is 10.1. The van der Waals surface area contributed by atoms with E-state index in [2.05, 4.69) is 28.8 Å². The van der Waals surface area contributed by atoms with Crippen LogP contribution in [0.25, 0.3) is 11.4 Å². The van der Waals surface area contributed by atoms with Crippen LogP contribution < -0.4 is 5.73 Å². The third-order valence-corrected chi connectivity index (χ3v) is 3.25. The Bertz CT molecular complexity index is 522. The van der Waals surface area contributed by atoms with Crippen LogP contribution in [-0.4, -0.2) is 21.0 Å². The molecule has 2 aromatic heterocycles. The second kappa shape index (κ2) is 6.38. The predicted molar refractivity (Wildman–Crippen MR) is 76.6 cm³/mol. The van der Waals surface area contributed by atoms with Crippen molar-refractivity contribution in [3.63, 3.8) is 0 Å². The summed E-state index contributed by atoms with van der Waals surface area (Å²) in [5.74, 6) is 0.757. The van der Waals surface area contributed by atoms with Gasteiger partial charge in [-0.25, -0.2) is 9.97 Å². The molecule has 1 atom stereocenters. The molecule has 0 bridgehead atoms. The van der Waals surface area contributed by atoms with Crippen molar-refractivity contribution >= 4 is 0 Å². The summed E-state index contributed by atoms with van der Waals surface area (Å²) in [5.41, 5.74) is 9.25. The maximum atomic E-state index is 5.94. The molecule has 0 radical (unpaired) electrons. The summed E-state index contributed by atoms with van der Waals surface area (Å²) in [7, 11) is 0. The molecular weight excluding hydrogens is 236 g/mol. The SMILES string of the molecule is CCc1cnccc1-c1ncc(CC(N)CC)cn1. The van der Waals surface area contributed by atoms with Gasteiger partial charge < -0.3 is 5.73 Å². The van der Waals surface area contributed by atoms with E-state index < -0.39 is 0 Å². The zero-order chi connectivity index (χ0) is 13.7. The molecule has 0 saturated carbocycles. The molecule has 2 N–H and O–H groups in total. The van der Waals surface area contributed by atoms with Gasteiger partial charge in [-0.1, -0.05) is 13.8 Å². The second-order valence-electron chi connectivity index (χ2n) is 4.67. The summed E-state index contributed by atoms with van der Waals surface area (Å²) < 4.78 is 0. The molecule has 0 aliphatic heterocycles. The van der Waals surface area contributed by atoms with E-state index in [4.69, 9.17) is 5.73 Å². The van der Waals surface area contributed by atoms with Crippen LogP contribution in [0.4, 0.5) is 0 Å². The Morgan fingerprint density at radius 2 is 1.89 bits per heavy atom. The number of hydrogen-bond acceptors (Lipinski definition) is 4. The number of nitrogens with zero attached hydrogens (tertiary/aromatic N) is 3. The third kappa shape index (κ3) is 3.35. The molecule has 0 aliphatic rings. The van der Waals surface area contributed by atoms with Crippen LogP contribution in [0.15, 0.2) is 30.9 Å². The van der Waals surface area contributed by atoms with Gasteiger partial charge in [0.2, 0.25) is 0 Å². The number of aryl methyl sites for hydroxylation is 1. The Hall–Kier alpha value is -1.81. The van der Waals surface area contributed by atoms with Crippen molar-refractivity contribution in [1.82, 2.24) is 15.0 Å². The highest BCUT2D eigenvalue weighted by molar-refractivity contribution is 5.58. The second-order valence-corrected chi connectivity index (χ2v) is 4.67. The summed E-state index contributed by atoms with van der Waals surface area (Å²) in [6.07, 6.45) is 10.1. The summed E-state index contributed by atoms with van der Waals surface area (Å²) in [5, 5.41) is 0. The van der Waals surface area contributed by atoms with Gasteiger partial charge in [-0.15, -0.1) is 0 Å². The highest BCUT2D eigenvalue weighted by atomic mass is 14.9. The van der Waals surface area contributed by atoms with Crippen molar-refractivity contribution < 1.29 is 0 Å². The first-order chi connectivity index (χ1) is 9.24. The lowest BCUT2D eigenvalue weighted by Crippen LogP contribution is -2.21. The fourth-order valence-corrected chi connectivity index (χ4v) is 1.97. The molecule has 0 fully saturated rings. The number of aromatic nitrogens is 3. The van der Waals surface area contributed by atoms with Gasteiger partial charge in [-0.05, 0) is 36.5 Å². The van der Waals surface area contributed by atoms with Crippen molar-refractivity contribution in [3.05, 3.63) is 42.0 Å². The summed E-state index contributed by atoms with van der Waals surface area (Å²) in [6, 6.07) is 2.15. The Morgan fingerprint density at radius 3 is 2.53 bits per heavy atom. The molecule has 2 aromatic rings. The Kier molecular flexibility index (Phi) is 4.58. The molecule has 2 rings (SSSR count). The first-order valence-corrected chi connectivity index (χ1v) is 6.74. The lowest BCUT2D eigenvalue weighted by molar-refractivity contribution is 0.643. The molecule has 0 aliphatic carbocycles. The topological polar surface area (TPSA) is 64.7 Å². The maximum absolute atomic E-state index is 5.94. The third-order valence-electron chi connectivity index (χ3n) is 3.25. The monoisotopic (exact) mass is 256 g/mol. The number of pyridine rings is 1. The molecule has 0 spiro atoms. The molecular formula is C15H20N4. The van der Waals surface area contributed by atoms with Gasteiger partial charge in [0.1, 0.15) is 0 Å². The van der Waals surface area contributed by atoms with Gasteiger partial charge >= 0.3 is 0 Å². The average molecular weight is 256 g/mol. The van der Waals surface area contributed by atoms with Crippen molar-refractivity contribution in [3.8, 4) is 11.4 Å². The van der Waals surface area contributed by atoms with Gasteiger partial charge in [0.05, 0.1) is 0 Å². The van der Waals surface area contributed by atoms with Gasteiger partial charge in [-0.3, -0.25) is 4.98 Å². The number of rotatable bonds is 5. The molecule has 0 aromatic carbocycles. The number of hydrogen-bond donors (Lipinski definition) is 1. The van der Waals surface area contributed by atoms with E-state index in [0.29, 0.717) is 0 Å². The smallest absolute Gasteiger partial charge is 0.159 e. The average Bonchev–Trinajstić information content (AvgIpc) is 2.48. The zero-order valence-corrected chi connectivity index (χ0v) is 11.5. The van der Waals surface area contributed by atoms with Gasteiger partial charge in [-0.2, -0.15) is 0 Å². The minimum absolute atomic E-state index is 0.182. The van der Waals surface area contributed by atoms with Crippen LogP contribution >= 0.6 is 0 Å². The largest absolute Gasteiger partial charge is 0.327 e. The van der Waals surface area contributed by atoms with Crippen LogP contribution in [-0.2, 0) is 12.8 Å². The minimum atomic E-state index is 0.182. The van der Waals surface area contributed by atoms with Crippen LogP contribution in [0, 0.1) is 0 Å². The van der Waals surface area contributed by atoms with Crippen LogP contribution in [0.1, 0.15) is 31.4 Å². The zero-order valence-electron chi connectivity index (χ0n) is 11.5. The Labute approximate surface area is 114 Å². The van der Waals surface area contributed by atoms with E-state index in [9.17, 15) is 0 Å². The molecule has 0 saturated heterocycles. The van der Waals surface area contributed by atoms with E-state index in [1.807, 2.05) is 24.7 Å². The Morgan fingerprint density at radius 1 is 1.16 bits per heavy atom. The van der Waals surface area contributed by atoms with Gasteiger partial charge in [0.25, 0.3) is 0 Å². The quantitative estimate of drug-likeness (QED) is 0.892. The van der Waals surface area contributed by atoms with Crippen LogP contribution in [0.2, 0.25) is 0 Å². The van der Waals surface area contributed by atoms with Gasteiger partial charge in [0.15, 0.2) is 5.82 Å². The molecule has 4 heteroatoms. The fraction of sp³-hybridized carbons (Fsp3) is 0.400. The molecule has 4 nitrogen and oxygen atoms in total. The minimum Gasteiger partial charge on any atom is -0.327 e. The summed E-state index contributed by atoms with van der Waals surface area (Å²) in [6.45, 7) is 4.19. The van der Waals surface area contributed by atoms with E-state index in [1.165, 1.54) is 5.56 Å². The lowest BCUT2D eigenvalue weighted by Gasteiger charge is -2.09. The summed E-state index contributed by atoms with van der Waals surface area (Å²) in [4.78, 5) is 13.0. The maximum Gasteiger partial charge on any atom is 0.159 e. The van der Waals surface area contributed by atoms with Gasteiger partial charge in [0, 0.05) is 36.4 Å². The molecule has 100 valence electrons. The summed E-state index contributed by atoms with van der Waals surface area (Å²) >= 11 is 0. The fourth-order valence-electron chi connectivity index (χ4n) is 1.97. The molecule has 0 amide bonds. The molecule has 1 unspecified atom stereocenters. The van der Waals surface area contributed by atoms with E-state index in [-0.39, 0.29) is 6.04 Å². The van der Waals surface area contributed by atoms with E-state index in [0.717, 1.165) is 36.2 Å². The van der Waals surface area contributed by atoms with E-state index >= 15 is 0 Å². The predicted octanol–water partition coefficient (Wildman–Crippen LogP) is 2.38. The highest BCUT2D eigenvalue weighted by Crippen LogP contribution is 2.19. The van der Waals surface area contributed by atoms with Crippen molar-refractivity contribution in [1.29, 1.82) is 0 Å². The standard InChI is InChI=1S/C15H20N4/c1-3-12-10-17-6-5-14(12)15-18-8-11(9-19-15)7-13(16)4-2/h5-6,8-10,13H,3-4,7,16H2,1-2H3. The first kappa shape index (κ1) is 13.6. The number of nitrogens with two attached hydrogens (primary N) is 1. The van der Waals surface area contributed by atoms with Crippen LogP contribution in [0.5, 0.6) is 0 Å². The van der Waals surface area contributed by atoms with Crippen molar-refractivity contribution in [2.45, 2.75) is 39.2 Å². The normalized spacial score (nSPS) is 12.4. The molecule has 19 heavy (non-hydrogen) atoms. The van der Waals surface area contributed by atoms with E-state index in [1.54, 1.807) is 6.20 Å². The van der Waals surface area contributed by atoms with Crippen molar-refractivity contribution in [2.24, 2.45) is 5.73 Å². The Balaban J connectivity index is 2.22. The molecule has 2 heterocycles.